The zero-order valence-electron chi connectivity index (χ0n) is 18.0. The van der Waals surface area contributed by atoms with Gasteiger partial charge in [0, 0.05) is 32.2 Å². The Balaban J connectivity index is 0.000000628. The second-order valence-corrected chi connectivity index (χ2v) is 7.76. The summed E-state index contributed by atoms with van der Waals surface area (Å²) in [4.78, 5) is 13.5. The van der Waals surface area contributed by atoms with E-state index in [1.165, 1.54) is 0 Å². The summed E-state index contributed by atoms with van der Waals surface area (Å²) >= 11 is 0. The second kappa shape index (κ2) is 11.0. The van der Waals surface area contributed by atoms with Crippen LogP contribution >= 0.6 is 0 Å². The van der Waals surface area contributed by atoms with Gasteiger partial charge in [-0.05, 0) is 55.0 Å². The van der Waals surface area contributed by atoms with Gasteiger partial charge in [0.25, 0.3) is 5.97 Å². The lowest BCUT2D eigenvalue weighted by Crippen LogP contribution is -2.35. The van der Waals surface area contributed by atoms with Crippen LogP contribution in [0.15, 0.2) is 52.9 Å². The van der Waals surface area contributed by atoms with Crippen molar-refractivity contribution in [2.45, 2.75) is 44.9 Å². The molecule has 7 nitrogen and oxygen atoms in total. The molecule has 0 bridgehead atoms. The Morgan fingerprint density at radius 3 is 2.58 bits per heavy atom. The van der Waals surface area contributed by atoms with E-state index in [-0.39, 0.29) is 12.1 Å². The SMILES string of the molecule is CC(=O)O.COCC[C@H]1CC[C@@H](N)[C@@H]1OCc1ccc(-c2nc3ccccc3o2)cc1. The van der Waals surface area contributed by atoms with Gasteiger partial charge < -0.3 is 24.7 Å². The number of benzene rings is 2. The lowest BCUT2D eigenvalue weighted by molar-refractivity contribution is -0.134. The Bertz CT molecular complexity index is 933. The topological polar surface area (TPSA) is 108 Å². The Hall–Kier alpha value is -2.74. The van der Waals surface area contributed by atoms with Gasteiger partial charge in [-0.15, -0.1) is 0 Å². The van der Waals surface area contributed by atoms with E-state index >= 15 is 0 Å². The normalized spacial score (nSPS) is 20.4. The van der Waals surface area contributed by atoms with Crippen molar-refractivity contribution in [1.29, 1.82) is 0 Å². The number of aromatic nitrogens is 1. The van der Waals surface area contributed by atoms with E-state index in [2.05, 4.69) is 17.1 Å². The minimum absolute atomic E-state index is 0.108. The lowest BCUT2D eigenvalue weighted by atomic mass is 10.0. The molecule has 1 heterocycles. The molecule has 1 aromatic heterocycles. The van der Waals surface area contributed by atoms with Crippen LogP contribution in [0.1, 0.15) is 31.7 Å². The standard InChI is InChI=1S/C22H26N2O3.C2H4O2/c1-25-13-12-16-10-11-18(23)21(16)26-14-15-6-8-17(9-7-15)22-24-19-4-2-3-5-20(19)27-22;1-2(3)4/h2-9,16,18,21H,10-14,23H2,1H3;1H3,(H,3,4)/t16-,18-,21-;/m1./s1. The first-order chi connectivity index (χ1) is 15.0. The van der Waals surface area contributed by atoms with Gasteiger partial charge in [0.05, 0.1) is 12.7 Å². The van der Waals surface area contributed by atoms with Crippen LogP contribution in [0.3, 0.4) is 0 Å². The summed E-state index contributed by atoms with van der Waals surface area (Å²) in [5.41, 5.74) is 10.0. The first kappa shape index (κ1) is 22.9. The van der Waals surface area contributed by atoms with Crippen molar-refractivity contribution in [2.75, 3.05) is 13.7 Å². The number of para-hydroxylation sites is 2. The molecule has 0 radical (unpaired) electrons. The molecule has 7 heteroatoms. The largest absolute Gasteiger partial charge is 0.481 e. The van der Waals surface area contributed by atoms with E-state index in [0.29, 0.717) is 18.4 Å². The summed E-state index contributed by atoms with van der Waals surface area (Å²) in [6.45, 7) is 2.41. The van der Waals surface area contributed by atoms with Crippen LogP contribution in [0.5, 0.6) is 0 Å². The highest BCUT2D eigenvalue weighted by atomic mass is 16.5. The number of nitrogens with zero attached hydrogens (tertiary/aromatic N) is 1. The van der Waals surface area contributed by atoms with E-state index in [1.54, 1.807) is 7.11 Å². The van der Waals surface area contributed by atoms with Gasteiger partial charge in [0.1, 0.15) is 5.52 Å². The second-order valence-electron chi connectivity index (χ2n) is 7.76. The number of rotatable bonds is 7. The van der Waals surface area contributed by atoms with Gasteiger partial charge in [-0.2, -0.15) is 0 Å². The maximum absolute atomic E-state index is 9.00. The molecule has 166 valence electrons. The Kier molecular flexibility index (Phi) is 8.17. The van der Waals surface area contributed by atoms with Gasteiger partial charge in [0.15, 0.2) is 5.58 Å². The molecule has 1 saturated carbocycles. The number of hydrogen-bond acceptors (Lipinski definition) is 6. The van der Waals surface area contributed by atoms with Gasteiger partial charge in [-0.25, -0.2) is 4.98 Å². The number of carbonyl (C=O) groups is 1. The number of fused-ring (bicyclic) bond motifs is 1. The summed E-state index contributed by atoms with van der Waals surface area (Å²) in [5, 5.41) is 7.42. The number of nitrogens with two attached hydrogens (primary N) is 1. The van der Waals surface area contributed by atoms with Crippen LogP contribution in [0.25, 0.3) is 22.6 Å². The predicted octanol–water partition coefficient (Wildman–Crippen LogP) is 4.24. The minimum Gasteiger partial charge on any atom is -0.481 e. The van der Waals surface area contributed by atoms with Crippen LogP contribution in [-0.4, -0.2) is 41.9 Å². The van der Waals surface area contributed by atoms with E-state index in [9.17, 15) is 0 Å². The van der Waals surface area contributed by atoms with Gasteiger partial charge >= 0.3 is 0 Å². The molecule has 1 aliphatic rings. The average molecular weight is 427 g/mol. The monoisotopic (exact) mass is 426 g/mol. The number of ether oxygens (including phenoxy) is 2. The third-order valence-corrected chi connectivity index (χ3v) is 5.39. The minimum atomic E-state index is -0.833. The van der Waals surface area contributed by atoms with Crippen LogP contribution in [0.4, 0.5) is 0 Å². The van der Waals surface area contributed by atoms with Crippen molar-refractivity contribution in [3.05, 3.63) is 54.1 Å². The average Bonchev–Trinajstić information content (AvgIpc) is 3.34. The molecule has 0 unspecified atom stereocenters. The fourth-order valence-electron chi connectivity index (χ4n) is 3.85. The number of aliphatic carboxylic acids is 1. The number of carboxylic acids is 1. The molecule has 31 heavy (non-hydrogen) atoms. The summed E-state index contributed by atoms with van der Waals surface area (Å²) < 4.78 is 17.2. The smallest absolute Gasteiger partial charge is 0.300 e. The molecule has 3 N–H and O–H groups in total. The molecule has 0 aliphatic heterocycles. The molecule has 3 aromatic rings. The Labute approximate surface area is 182 Å². The molecule has 1 fully saturated rings. The summed E-state index contributed by atoms with van der Waals surface area (Å²) in [7, 11) is 1.74. The molecular formula is C24H30N2O5. The molecule has 2 aromatic carbocycles. The van der Waals surface area contributed by atoms with Gasteiger partial charge in [0.2, 0.25) is 5.89 Å². The Morgan fingerprint density at radius 2 is 1.90 bits per heavy atom. The summed E-state index contributed by atoms with van der Waals surface area (Å²) in [6, 6.07) is 16.1. The maximum Gasteiger partial charge on any atom is 0.300 e. The van der Waals surface area contributed by atoms with E-state index in [4.69, 9.17) is 29.5 Å². The van der Waals surface area contributed by atoms with Crippen molar-refractivity contribution in [1.82, 2.24) is 4.98 Å². The van der Waals surface area contributed by atoms with E-state index in [0.717, 1.165) is 55.0 Å². The van der Waals surface area contributed by atoms with Crippen molar-refractivity contribution in [3.8, 4) is 11.5 Å². The van der Waals surface area contributed by atoms with Gasteiger partial charge in [-0.3, -0.25) is 4.79 Å². The van der Waals surface area contributed by atoms with Crippen LogP contribution < -0.4 is 5.73 Å². The maximum atomic E-state index is 9.00. The fourth-order valence-corrected chi connectivity index (χ4v) is 3.85. The lowest BCUT2D eigenvalue weighted by Gasteiger charge is -2.23. The van der Waals surface area contributed by atoms with Crippen molar-refractivity contribution < 1.29 is 23.8 Å². The molecule has 4 rings (SSSR count). The third kappa shape index (κ3) is 6.37. The van der Waals surface area contributed by atoms with Crippen molar-refractivity contribution >= 4 is 17.1 Å². The highest BCUT2D eigenvalue weighted by molar-refractivity contribution is 5.75. The molecule has 0 saturated heterocycles. The van der Waals surface area contributed by atoms with E-state index < -0.39 is 5.97 Å². The predicted molar refractivity (Wildman–Crippen MR) is 119 cm³/mol. The highest BCUT2D eigenvalue weighted by Crippen LogP contribution is 2.31. The zero-order valence-corrected chi connectivity index (χ0v) is 18.0. The van der Waals surface area contributed by atoms with Crippen LogP contribution in [-0.2, 0) is 20.9 Å². The quantitative estimate of drug-likeness (QED) is 0.581. The van der Waals surface area contributed by atoms with Gasteiger partial charge in [-0.1, -0.05) is 24.3 Å². The molecule has 3 atom stereocenters. The number of methoxy groups -OCH3 is 1. The first-order valence-electron chi connectivity index (χ1n) is 10.5. The zero-order chi connectivity index (χ0) is 22.2. The Morgan fingerprint density at radius 1 is 1.19 bits per heavy atom. The first-order valence-corrected chi connectivity index (χ1v) is 10.5. The molecule has 1 aliphatic carbocycles. The summed E-state index contributed by atoms with van der Waals surface area (Å²) in [6.07, 6.45) is 3.25. The van der Waals surface area contributed by atoms with Crippen molar-refractivity contribution in [3.63, 3.8) is 0 Å². The molecule has 0 amide bonds. The third-order valence-electron chi connectivity index (χ3n) is 5.39. The number of oxazole rings is 1. The molecule has 0 spiro atoms. The van der Waals surface area contributed by atoms with Crippen molar-refractivity contribution in [2.24, 2.45) is 11.7 Å². The fraction of sp³-hybridized carbons (Fsp3) is 0.417. The number of hydrogen-bond donors (Lipinski definition) is 2. The summed E-state index contributed by atoms with van der Waals surface area (Å²) in [5.74, 6) is 0.292. The van der Waals surface area contributed by atoms with Crippen LogP contribution in [0.2, 0.25) is 0 Å². The molecular weight excluding hydrogens is 396 g/mol. The van der Waals surface area contributed by atoms with Crippen LogP contribution in [0, 0.1) is 5.92 Å². The van der Waals surface area contributed by atoms with E-state index in [1.807, 2.05) is 36.4 Å². The highest BCUT2D eigenvalue weighted by Gasteiger charge is 2.34. The number of carboxylic acid groups (broad SMARTS) is 1.